The van der Waals surface area contributed by atoms with Crippen molar-refractivity contribution in [2.75, 3.05) is 18.1 Å². The normalized spacial score (nSPS) is 21.2. The van der Waals surface area contributed by atoms with Crippen LogP contribution in [0.15, 0.2) is 6.20 Å². The van der Waals surface area contributed by atoms with E-state index in [1.807, 2.05) is 24.9 Å². The van der Waals surface area contributed by atoms with Crippen molar-refractivity contribution in [3.63, 3.8) is 0 Å². The number of hydrogen-bond donors (Lipinski definition) is 1. The summed E-state index contributed by atoms with van der Waals surface area (Å²) in [6.45, 7) is 2.80. The van der Waals surface area contributed by atoms with Crippen molar-refractivity contribution in [1.29, 1.82) is 0 Å². The van der Waals surface area contributed by atoms with Crippen LogP contribution in [0.25, 0.3) is 0 Å². The van der Waals surface area contributed by atoms with Gasteiger partial charge in [0, 0.05) is 53.2 Å². The molecule has 0 saturated carbocycles. The van der Waals surface area contributed by atoms with Gasteiger partial charge in [-0.2, -0.15) is 5.10 Å². The minimum atomic E-state index is -0.667. The minimum Gasteiger partial charge on any atom is -0.309 e. The molecule has 0 amide bonds. The van der Waals surface area contributed by atoms with Crippen molar-refractivity contribution in [3.05, 3.63) is 17.5 Å². The first-order valence-electron chi connectivity index (χ1n) is 6.31. The molecular formula is C12H21N3OS. The molecule has 1 aromatic rings. The fourth-order valence-corrected chi connectivity index (χ4v) is 3.04. The van der Waals surface area contributed by atoms with Gasteiger partial charge in [0.05, 0.1) is 6.20 Å². The third kappa shape index (κ3) is 2.96. The van der Waals surface area contributed by atoms with E-state index in [4.69, 9.17) is 0 Å². The van der Waals surface area contributed by atoms with Crippen molar-refractivity contribution in [1.82, 2.24) is 15.1 Å². The summed E-state index contributed by atoms with van der Waals surface area (Å²) >= 11 is 0. The number of hydrogen-bond acceptors (Lipinski definition) is 3. The van der Waals surface area contributed by atoms with Gasteiger partial charge in [0.1, 0.15) is 0 Å². The Balaban J connectivity index is 1.92. The zero-order valence-corrected chi connectivity index (χ0v) is 11.4. The van der Waals surface area contributed by atoms with Crippen LogP contribution in [-0.4, -0.2) is 32.0 Å². The number of fused-ring (bicyclic) bond motifs is 1. The van der Waals surface area contributed by atoms with E-state index in [9.17, 15) is 4.21 Å². The first-order chi connectivity index (χ1) is 8.22. The fourth-order valence-electron chi connectivity index (χ4n) is 2.41. The average Bonchev–Trinajstić information content (AvgIpc) is 2.72. The van der Waals surface area contributed by atoms with E-state index in [1.165, 1.54) is 17.7 Å². The van der Waals surface area contributed by atoms with Crippen LogP contribution in [0, 0.1) is 0 Å². The van der Waals surface area contributed by atoms with Crippen LogP contribution in [0.2, 0.25) is 0 Å². The summed E-state index contributed by atoms with van der Waals surface area (Å²) in [5.41, 5.74) is 2.69. The molecule has 17 heavy (non-hydrogen) atoms. The maximum Gasteiger partial charge on any atom is 0.0540 e. The van der Waals surface area contributed by atoms with E-state index in [1.54, 1.807) is 0 Å². The summed E-state index contributed by atoms with van der Waals surface area (Å²) in [7, 11) is 1.34. The Bertz CT molecular complexity index is 402. The van der Waals surface area contributed by atoms with Crippen molar-refractivity contribution < 1.29 is 4.21 Å². The van der Waals surface area contributed by atoms with Gasteiger partial charge in [-0.05, 0) is 19.3 Å². The highest BCUT2D eigenvalue weighted by Crippen LogP contribution is 2.28. The topological polar surface area (TPSA) is 46.9 Å². The summed E-state index contributed by atoms with van der Waals surface area (Å²) in [4.78, 5) is 0. The van der Waals surface area contributed by atoms with Crippen LogP contribution in [-0.2, 0) is 24.3 Å². The monoisotopic (exact) mass is 255 g/mol. The van der Waals surface area contributed by atoms with Crippen LogP contribution in [0.1, 0.15) is 37.1 Å². The van der Waals surface area contributed by atoms with E-state index >= 15 is 0 Å². The second-order valence-corrected chi connectivity index (χ2v) is 6.37. The Hall–Kier alpha value is -0.680. The second kappa shape index (κ2) is 5.78. The maximum atomic E-state index is 11.4. The smallest absolute Gasteiger partial charge is 0.0540 e. The zero-order valence-electron chi connectivity index (χ0n) is 10.6. The molecule has 0 spiro atoms. The van der Waals surface area contributed by atoms with E-state index in [0.717, 1.165) is 30.9 Å². The van der Waals surface area contributed by atoms with Gasteiger partial charge in [-0.1, -0.05) is 6.92 Å². The lowest BCUT2D eigenvalue weighted by Crippen LogP contribution is -2.28. The Morgan fingerprint density at radius 1 is 1.65 bits per heavy atom. The Labute approximate surface area is 105 Å². The molecule has 1 heterocycles. The molecule has 0 aliphatic heterocycles. The lowest BCUT2D eigenvalue weighted by Gasteiger charge is -2.23. The number of aromatic nitrogens is 2. The van der Waals surface area contributed by atoms with Crippen LogP contribution in [0.3, 0.4) is 0 Å². The molecule has 2 atom stereocenters. The third-order valence-corrected chi connectivity index (χ3v) is 4.72. The zero-order chi connectivity index (χ0) is 12.3. The van der Waals surface area contributed by atoms with Crippen molar-refractivity contribution in [3.8, 4) is 0 Å². The Kier molecular flexibility index (Phi) is 4.34. The molecule has 0 saturated heterocycles. The molecule has 5 heteroatoms. The second-order valence-electron chi connectivity index (χ2n) is 4.50. The summed E-state index contributed by atoms with van der Waals surface area (Å²) in [6, 6.07) is 0.404. The van der Waals surface area contributed by atoms with Gasteiger partial charge >= 0.3 is 0 Å². The standard InChI is InChI=1S/C12H21N3OS/c1-3-17(16)8-7-13-11-5-4-6-12-10(11)9-14-15(12)2/h9,11,13H,3-8H2,1-2H3. The van der Waals surface area contributed by atoms with Gasteiger partial charge < -0.3 is 5.32 Å². The van der Waals surface area contributed by atoms with Gasteiger partial charge in [0.15, 0.2) is 0 Å². The van der Waals surface area contributed by atoms with E-state index in [2.05, 4.69) is 10.4 Å². The molecule has 1 aromatic heterocycles. The summed E-state index contributed by atoms with van der Waals surface area (Å²) in [5, 5.41) is 7.83. The predicted molar refractivity (Wildman–Crippen MR) is 70.4 cm³/mol. The number of nitrogens with zero attached hydrogens (tertiary/aromatic N) is 2. The highest BCUT2D eigenvalue weighted by atomic mass is 32.2. The van der Waals surface area contributed by atoms with E-state index in [0.29, 0.717) is 6.04 Å². The number of nitrogens with one attached hydrogen (secondary N) is 1. The molecular weight excluding hydrogens is 234 g/mol. The van der Waals surface area contributed by atoms with Crippen LogP contribution < -0.4 is 5.32 Å². The van der Waals surface area contributed by atoms with Crippen LogP contribution >= 0.6 is 0 Å². The first-order valence-corrected chi connectivity index (χ1v) is 7.80. The largest absolute Gasteiger partial charge is 0.309 e. The van der Waals surface area contributed by atoms with Crippen molar-refractivity contribution in [2.24, 2.45) is 7.05 Å². The fraction of sp³-hybridized carbons (Fsp3) is 0.750. The van der Waals surface area contributed by atoms with Gasteiger partial charge in [-0.3, -0.25) is 8.89 Å². The molecule has 2 rings (SSSR count). The average molecular weight is 255 g/mol. The van der Waals surface area contributed by atoms with E-state index < -0.39 is 10.8 Å². The predicted octanol–water partition coefficient (Wildman–Crippen LogP) is 1.16. The molecule has 96 valence electrons. The molecule has 4 nitrogen and oxygen atoms in total. The van der Waals surface area contributed by atoms with Crippen LogP contribution in [0.5, 0.6) is 0 Å². The van der Waals surface area contributed by atoms with Gasteiger partial charge in [-0.25, -0.2) is 0 Å². The van der Waals surface area contributed by atoms with Gasteiger partial charge in [0.25, 0.3) is 0 Å². The Morgan fingerprint density at radius 2 is 2.47 bits per heavy atom. The molecule has 1 N–H and O–H groups in total. The van der Waals surface area contributed by atoms with Gasteiger partial charge in [0.2, 0.25) is 0 Å². The molecule has 0 aromatic carbocycles. The van der Waals surface area contributed by atoms with Crippen molar-refractivity contribution in [2.45, 2.75) is 32.2 Å². The number of rotatable bonds is 5. The SMILES string of the molecule is CCS(=O)CCNC1CCCc2c1cnn2C. The number of aryl methyl sites for hydroxylation is 1. The highest BCUT2D eigenvalue weighted by Gasteiger charge is 2.22. The highest BCUT2D eigenvalue weighted by molar-refractivity contribution is 7.84. The molecule has 0 radical (unpaired) electrons. The summed E-state index contributed by atoms with van der Waals surface area (Å²) in [5.74, 6) is 1.51. The first kappa shape index (κ1) is 12.8. The van der Waals surface area contributed by atoms with Crippen molar-refractivity contribution >= 4 is 10.8 Å². The molecule has 1 aliphatic carbocycles. The lowest BCUT2D eigenvalue weighted by atomic mass is 9.93. The Morgan fingerprint density at radius 3 is 3.24 bits per heavy atom. The quantitative estimate of drug-likeness (QED) is 0.859. The molecule has 0 fully saturated rings. The lowest BCUT2D eigenvalue weighted by molar-refractivity contribution is 0.464. The molecule has 2 unspecified atom stereocenters. The third-order valence-electron chi connectivity index (χ3n) is 3.42. The summed E-state index contributed by atoms with van der Waals surface area (Å²) in [6.07, 6.45) is 5.48. The summed E-state index contributed by atoms with van der Waals surface area (Å²) < 4.78 is 13.3. The molecule has 0 bridgehead atoms. The minimum absolute atomic E-state index is 0.404. The van der Waals surface area contributed by atoms with Gasteiger partial charge in [-0.15, -0.1) is 0 Å². The van der Waals surface area contributed by atoms with E-state index in [-0.39, 0.29) is 0 Å². The van der Waals surface area contributed by atoms with Crippen LogP contribution in [0.4, 0.5) is 0 Å². The molecule has 1 aliphatic rings. The maximum absolute atomic E-state index is 11.4.